The number of ether oxygens (including phenoxy) is 1. The molecular formula is C9H6N2O2S. The third-order valence-corrected chi connectivity index (χ3v) is 2.10. The van der Waals surface area contributed by atoms with Gasteiger partial charge in [0.1, 0.15) is 4.88 Å². The molecule has 0 spiro atoms. The van der Waals surface area contributed by atoms with Gasteiger partial charge in [0.15, 0.2) is 11.1 Å². The number of carbonyl (C=O) groups is 1. The number of nitrogens with zero attached hydrogens (tertiary/aromatic N) is 2. The molecule has 0 atom stereocenters. The van der Waals surface area contributed by atoms with Gasteiger partial charge in [0.05, 0.1) is 12.8 Å². The summed E-state index contributed by atoms with van der Waals surface area (Å²) < 4.78 is 4.76. The lowest BCUT2D eigenvalue weighted by atomic mass is 10.5. The van der Waals surface area contributed by atoms with Crippen molar-refractivity contribution in [2.24, 2.45) is 0 Å². The average molecular weight is 206 g/mol. The van der Waals surface area contributed by atoms with E-state index < -0.39 is 5.97 Å². The fourth-order valence-corrected chi connectivity index (χ4v) is 1.37. The maximum Gasteiger partial charge on any atom is 0.349 e. The van der Waals surface area contributed by atoms with Crippen molar-refractivity contribution >= 4 is 17.3 Å². The molecule has 0 unspecified atom stereocenters. The van der Waals surface area contributed by atoms with E-state index in [1.165, 1.54) is 6.20 Å². The van der Waals surface area contributed by atoms with Crippen LogP contribution in [0.25, 0.3) is 0 Å². The Morgan fingerprint density at radius 2 is 2.57 bits per heavy atom. The number of aromatic nitrogens is 1. The van der Waals surface area contributed by atoms with Crippen molar-refractivity contribution in [1.29, 1.82) is 5.26 Å². The van der Waals surface area contributed by atoms with Crippen molar-refractivity contribution in [2.45, 2.75) is 6.92 Å². The first-order valence-corrected chi connectivity index (χ1v) is 4.62. The number of nitriles is 1. The van der Waals surface area contributed by atoms with E-state index in [4.69, 9.17) is 10.00 Å². The van der Waals surface area contributed by atoms with Crippen molar-refractivity contribution in [2.75, 3.05) is 6.61 Å². The van der Waals surface area contributed by atoms with E-state index in [2.05, 4.69) is 16.8 Å². The maximum absolute atomic E-state index is 11.2. The minimum absolute atomic E-state index is 0.329. The first-order chi connectivity index (χ1) is 6.77. The molecule has 0 aromatic carbocycles. The average Bonchev–Trinajstić information content (AvgIpc) is 2.63. The number of esters is 1. The van der Waals surface area contributed by atoms with Gasteiger partial charge in [-0.3, -0.25) is 0 Å². The van der Waals surface area contributed by atoms with E-state index in [9.17, 15) is 4.79 Å². The van der Waals surface area contributed by atoms with Crippen LogP contribution in [0.5, 0.6) is 0 Å². The molecule has 1 rings (SSSR count). The molecule has 0 N–H and O–H groups in total. The Hall–Kier alpha value is -1.85. The first-order valence-electron chi connectivity index (χ1n) is 3.81. The Balaban J connectivity index is 2.79. The zero-order chi connectivity index (χ0) is 10.4. The summed E-state index contributed by atoms with van der Waals surface area (Å²) in [5.41, 5.74) is 0. The van der Waals surface area contributed by atoms with Crippen molar-refractivity contribution < 1.29 is 9.53 Å². The van der Waals surface area contributed by atoms with Gasteiger partial charge in [-0.2, -0.15) is 5.26 Å². The van der Waals surface area contributed by atoms with Crippen LogP contribution in [0.3, 0.4) is 0 Å². The second kappa shape index (κ2) is 5.00. The molecule has 0 bridgehead atoms. The summed E-state index contributed by atoms with van der Waals surface area (Å²) in [6, 6.07) is 1.67. The number of rotatable bonds is 2. The Labute approximate surface area is 85.1 Å². The number of hydrogen-bond acceptors (Lipinski definition) is 5. The summed E-state index contributed by atoms with van der Waals surface area (Å²) >= 11 is 1.11. The molecule has 0 amide bonds. The topological polar surface area (TPSA) is 63.0 Å². The molecule has 0 aliphatic carbocycles. The Morgan fingerprint density at radius 3 is 3.21 bits per heavy atom. The monoisotopic (exact) mass is 206 g/mol. The van der Waals surface area contributed by atoms with Gasteiger partial charge in [-0.15, -0.1) is 0 Å². The Morgan fingerprint density at radius 1 is 1.79 bits per heavy atom. The van der Waals surface area contributed by atoms with Crippen LogP contribution in [0.15, 0.2) is 6.20 Å². The lowest BCUT2D eigenvalue weighted by Crippen LogP contribution is -2.01. The van der Waals surface area contributed by atoms with Crippen LogP contribution in [0.4, 0.5) is 0 Å². The van der Waals surface area contributed by atoms with E-state index in [-0.39, 0.29) is 0 Å². The highest BCUT2D eigenvalue weighted by atomic mass is 32.1. The van der Waals surface area contributed by atoms with Crippen LogP contribution in [0.1, 0.15) is 21.6 Å². The third-order valence-electron chi connectivity index (χ3n) is 1.21. The molecule has 70 valence electrons. The molecule has 0 aliphatic heterocycles. The third kappa shape index (κ3) is 2.58. The van der Waals surface area contributed by atoms with Crippen LogP contribution in [0, 0.1) is 23.2 Å². The standard InChI is InChI=1S/C9H6N2O2S/c1-2-13-9(12)7-6-11-8(14-7)4-3-5-10/h6H,2H2,1H3. The molecule has 14 heavy (non-hydrogen) atoms. The molecule has 0 fully saturated rings. The lowest BCUT2D eigenvalue weighted by Gasteiger charge is -1.95. The number of thiazole rings is 1. The summed E-state index contributed by atoms with van der Waals surface area (Å²) in [6.45, 7) is 2.06. The highest BCUT2D eigenvalue weighted by Gasteiger charge is 2.09. The second-order valence-corrected chi connectivity index (χ2v) is 3.14. The van der Waals surface area contributed by atoms with Crippen LogP contribution in [0.2, 0.25) is 0 Å². The minimum atomic E-state index is -0.407. The van der Waals surface area contributed by atoms with Crippen molar-refractivity contribution in [3.63, 3.8) is 0 Å². The number of carbonyl (C=O) groups excluding carboxylic acids is 1. The highest BCUT2D eigenvalue weighted by Crippen LogP contribution is 2.12. The zero-order valence-electron chi connectivity index (χ0n) is 7.40. The summed E-state index contributed by atoms with van der Waals surface area (Å²) in [5.74, 6) is 4.29. The van der Waals surface area contributed by atoms with Gasteiger partial charge in [0.25, 0.3) is 0 Å². The van der Waals surface area contributed by atoms with Gasteiger partial charge in [0.2, 0.25) is 0 Å². The molecule has 0 saturated carbocycles. The van der Waals surface area contributed by atoms with E-state index in [1.807, 2.05) is 0 Å². The van der Waals surface area contributed by atoms with Crippen LogP contribution in [-0.4, -0.2) is 17.6 Å². The first kappa shape index (κ1) is 10.2. The van der Waals surface area contributed by atoms with Crippen molar-refractivity contribution in [3.8, 4) is 17.9 Å². The molecule has 1 heterocycles. The molecule has 0 radical (unpaired) electrons. The summed E-state index contributed by atoms with van der Waals surface area (Å²) in [7, 11) is 0. The minimum Gasteiger partial charge on any atom is -0.462 e. The van der Waals surface area contributed by atoms with E-state index in [0.29, 0.717) is 16.5 Å². The normalized spacial score (nSPS) is 8.29. The van der Waals surface area contributed by atoms with Crippen molar-refractivity contribution in [1.82, 2.24) is 4.98 Å². The molecular weight excluding hydrogens is 200 g/mol. The fraction of sp³-hybridized carbons (Fsp3) is 0.222. The highest BCUT2D eigenvalue weighted by molar-refractivity contribution is 7.14. The molecule has 1 aromatic heterocycles. The summed E-state index contributed by atoms with van der Waals surface area (Å²) in [6.07, 6.45) is 1.39. The SMILES string of the molecule is CCOC(=O)c1cnc(C#CC#N)s1. The zero-order valence-corrected chi connectivity index (χ0v) is 8.22. The van der Waals surface area contributed by atoms with Gasteiger partial charge in [-0.1, -0.05) is 11.3 Å². The lowest BCUT2D eigenvalue weighted by molar-refractivity contribution is 0.0532. The molecule has 4 nitrogen and oxygen atoms in total. The number of hydrogen-bond donors (Lipinski definition) is 0. The van der Waals surface area contributed by atoms with Crippen molar-refractivity contribution in [3.05, 3.63) is 16.1 Å². The molecule has 0 saturated heterocycles. The van der Waals surface area contributed by atoms with Gasteiger partial charge < -0.3 is 4.74 Å². The van der Waals surface area contributed by atoms with Crippen LogP contribution in [-0.2, 0) is 4.74 Å². The van der Waals surface area contributed by atoms with Gasteiger partial charge in [-0.25, -0.2) is 9.78 Å². The Bertz CT molecular complexity index is 434. The smallest absolute Gasteiger partial charge is 0.349 e. The molecule has 0 aliphatic rings. The van der Waals surface area contributed by atoms with Gasteiger partial charge in [-0.05, 0) is 12.8 Å². The summed E-state index contributed by atoms with van der Waals surface area (Å²) in [5, 5.41) is 8.63. The fourth-order valence-electron chi connectivity index (χ4n) is 0.710. The van der Waals surface area contributed by atoms with Crippen LogP contribution >= 0.6 is 11.3 Å². The van der Waals surface area contributed by atoms with Gasteiger partial charge >= 0.3 is 5.97 Å². The Kier molecular flexibility index (Phi) is 3.66. The van der Waals surface area contributed by atoms with Crippen LogP contribution < -0.4 is 0 Å². The predicted octanol–water partition coefficient (Wildman–Crippen LogP) is 1.19. The largest absolute Gasteiger partial charge is 0.462 e. The van der Waals surface area contributed by atoms with Gasteiger partial charge in [0, 0.05) is 5.92 Å². The second-order valence-electron chi connectivity index (χ2n) is 2.11. The molecule has 5 heteroatoms. The predicted molar refractivity (Wildman–Crippen MR) is 50.6 cm³/mol. The summed E-state index contributed by atoms with van der Waals surface area (Å²) in [4.78, 5) is 15.4. The van der Waals surface area contributed by atoms with E-state index in [1.54, 1.807) is 13.0 Å². The van der Waals surface area contributed by atoms with E-state index >= 15 is 0 Å². The quantitative estimate of drug-likeness (QED) is 0.538. The maximum atomic E-state index is 11.2. The molecule has 1 aromatic rings. The van der Waals surface area contributed by atoms with E-state index in [0.717, 1.165) is 11.3 Å².